The number of halogens is 1. The summed E-state index contributed by atoms with van der Waals surface area (Å²) in [5.74, 6) is 0.605. The molecule has 146 valence electrons. The molecule has 2 aromatic rings. The highest BCUT2D eigenvalue weighted by molar-refractivity contribution is 8.18. The minimum atomic E-state index is -0.0931. The molecule has 0 aromatic heterocycles. The van der Waals surface area contributed by atoms with Crippen LogP contribution in [0.3, 0.4) is 0 Å². The number of aliphatic imine (C=N–C) groups is 1. The Morgan fingerprint density at radius 1 is 1.21 bits per heavy atom. The number of carbonyl (C=O) groups is 1. The number of ether oxygens (including phenoxy) is 1. The molecule has 1 aliphatic heterocycles. The standard InChI is InChI=1S/C22H23ClN2O2S/c1-5-15-6-9-18(10-7-15)24-22-25(4)21(26)20(28-22)13-16-12-17(23)8-11-19(16)27-14(2)3/h6-14H,5H2,1-4H3/b20-13+,24-22?. The zero-order valence-electron chi connectivity index (χ0n) is 16.4. The van der Waals surface area contributed by atoms with Gasteiger partial charge in [-0.15, -0.1) is 0 Å². The van der Waals surface area contributed by atoms with E-state index in [-0.39, 0.29) is 12.0 Å². The summed E-state index contributed by atoms with van der Waals surface area (Å²) in [7, 11) is 1.74. The summed E-state index contributed by atoms with van der Waals surface area (Å²) < 4.78 is 5.85. The molecule has 4 nitrogen and oxygen atoms in total. The molecule has 1 heterocycles. The molecule has 1 amide bonds. The SMILES string of the molecule is CCc1ccc(N=C2S/C(=C/c3cc(Cl)ccc3OC(C)C)C(=O)N2C)cc1. The largest absolute Gasteiger partial charge is 0.490 e. The number of amides is 1. The summed E-state index contributed by atoms with van der Waals surface area (Å²) in [5.41, 5.74) is 2.86. The van der Waals surface area contributed by atoms with Gasteiger partial charge in [-0.2, -0.15) is 0 Å². The maximum absolute atomic E-state index is 12.7. The third-order valence-corrected chi connectivity index (χ3v) is 5.49. The topological polar surface area (TPSA) is 41.9 Å². The van der Waals surface area contributed by atoms with Crippen molar-refractivity contribution in [3.05, 3.63) is 63.5 Å². The van der Waals surface area contributed by atoms with Gasteiger partial charge in [0.15, 0.2) is 5.17 Å². The van der Waals surface area contributed by atoms with E-state index in [0.29, 0.717) is 20.8 Å². The van der Waals surface area contributed by atoms with Crippen LogP contribution in [0.25, 0.3) is 6.08 Å². The van der Waals surface area contributed by atoms with Gasteiger partial charge in [-0.1, -0.05) is 30.7 Å². The minimum Gasteiger partial charge on any atom is -0.490 e. The number of carbonyl (C=O) groups excluding carboxylic acids is 1. The van der Waals surface area contributed by atoms with E-state index in [1.807, 2.05) is 38.1 Å². The number of aryl methyl sites for hydroxylation is 1. The Morgan fingerprint density at radius 3 is 2.57 bits per heavy atom. The van der Waals surface area contributed by atoms with Crippen molar-refractivity contribution in [2.75, 3.05) is 7.05 Å². The van der Waals surface area contributed by atoms with Crippen molar-refractivity contribution >= 4 is 46.2 Å². The lowest BCUT2D eigenvalue weighted by molar-refractivity contribution is -0.121. The smallest absolute Gasteiger partial charge is 0.266 e. The molecule has 3 rings (SSSR count). The monoisotopic (exact) mass is 414 g/mol. The Bertz CT molecular complexity index is 936. The molecule has 0 unspecified atom stereocenters. The molecule has 6 heteroatoms. The van der Waals surface area contributed by atoms with Gasteiger partial charge in [0, 0.05) is 17.6 Å². The molecule has 0 atom stereocenters. The van der Waals surface area contributed by atoms with E-state index in [1.54, 1.807) is 24.1 Å². The van der Waals surface area contributed by atoms with Crippen LogP contribution < -0.4 is 4.74 Å². The predicted molar refractivity (Wildman–Crippen MR) is 118 cm³/mol. The third kappa shape index (κ3) is 4.78. The summed E-state index contributed by atoms with van der Waals surface area (Å²) in [5, 5.41) is 1.24. The molecule has 1 saturated heterocycles. The van der Waals surface area contributed by atoms with Crippen LogP contribution in [-0.4, -0.2) is 29.1 Å². The lowest BCUT2D eigenvalue weighted by Crippen LogP contribution is -2.23. The Hall–Kier alpha value is -2.24. The summed E-state index contributed by atoms with van der Waals surface area (Å²) in [6.07, 6.45) is 2.82. The molecular weight excluding hydrogens is 392 g/mol. The number of hydrogen-bond donors (Lipinski definition) is 0. The van der Waals surface area contributed by atoms with E-state index in [2.05, 4.69) is 24.0 Å². The van der Waals surface area contributed by atoms with Gasteiger partial charge in [-0.05, 0) is 74.0 Å². The highest BCUT2D eigenvalue weighted by atomic mass is 35.5. The number of hydrogen-bond acceptors (Lipinski definition) is 4. The van der Waals surface area contributed by atoms with Gasteiger partial charge < -0.3 is 4.74 Å². The van der Waals surface area contributed by atoms with Crippen molar-refractivity contribution < 1.29 is 9.53 Å². The average Bonchev–Trinajstić information content (AvgIpc) is 2.92. The number of nitrogens with zero attached hydrogens (tertiary/aromatic N) is 2. The predicted octanol–water partition coefficient (Wildman–Crippen LogP) is 5.92. The van der Waals surface area contributed by atoms with Gasteiger partial charge in [0.05, 0.1) is 16.7 Å². The summed E-state index contributed by atoms with van der Waals surface area (Å²) in [4.78, 5) is 19.5. The van der Waals surface area contributed by atoms with Crippen LogP contribution in [0.15, 0.2) is 52.4 Å². The normalized spacial score (nSPS) is 17.2. The fourth-order valence-electron chi connectivity index (χ4n) is 2.70. The average molecular weight is 415 g/mol. The number of amidine groups is 1. The maximum Gasteiger partial charge on any atom is 0.266 e. The van der Waals surface area contributed by atoms with Crippen molar-refractivity contribution in [2.24, 2.45) is 4.99 Å². The van der Waals surface area contributed by atoms with E-state index in [1.165, 1.54) is 17.3 Å². The first-order chi connectivity index (χ1) is 13.4. The maximum atomic E-state index is 12.7. The first-order valence-corrected chi connectivity index (χ1v) is 10.4. The molecule has 2 aromatic carbocycles. The zero-order chi connectivity index (χ0) is 20.3. The fourth-order valence-corrected chi connectivity index (χ4v) is 3.86. The zero-order valence-corrected chi connectivity index (χ0v) is 18.0. The number of likely N-dealkylation sites (N-methyl/N-ethyl adjacent to an activating group) is 1. The molecule has 0 bridgehead atoms. The summed E-state index contributed by atoms with van der Waals surface area (Å²) >= 11 is 7.50. The lowest BCUT2D eigenvalue weighted by Gasteiger charge is -2.13. The summed E-state index contributed by atoms with van der Waals surface area (Å²) in [6, 6.07) is 13.5. The van der Waals surface area contributed by atoms with Crippen LogP contribution in [0, 0.1) is 0 Å². The quantitative estimate of drug-likeness (QED) is 0.570. The first kappa shape index (κ1) is 20.5. The fraction of sp³-hybridized carbons (Fsp3) is 0.273. The highest BCUT2D eigenvalue weighted by Crippen LogP contribution is 2.35. The minimum absolute atomic E-state index is 0.0242. The van der Waals surface area contributed by atoms with Crippen molar-refractivity contribution in [1.82, 2.24) is 4.90 Å². The van der Waals surface area contributed by atoms with Crippen molar-refractivity contribution in [3.8, 4) is 5.75 Å². The van der Waals surface area contributed by atoms with Gasteiger partial charge >= 0.3 is 0 Å². The van der Waals surface area contributed by atoms with Gasteiger partial charge in [0.2, 0.25) is 0 Å². The van der Waals surface area contributed by atoms with Crippen LogP contribution in [0.1, 0.15) is 31.9 Å². The van der Waals surface area contributed by atoms with E-state index >= 15 is 0 Å². The second-order valence-electron chi connectivity index (χ2n) is 6.74. The van der Waals surface area contributed by atoms with E-state index in [9.17, 15) is 4.79 Å². The Labute approximate surface area is 175 Å². The Balaban J connectivity index is 1.91. The first-order valence-electron chi connectivity index (χ1n) is 9.18. The van der Waals surface area contributed by atoms with Crippen LogP contribution in [0.5, 0.6) is 5.75 Å². The van der Waals surface area contributed by atoms with Crippen LogP contribution >= 0.6 is 23.4 Å². The van der Waals surface area contributed by atoms with Crippen LogP contribution in [0.2, 0.25) is 5.02 Å². The molecule has 28 heavy (non-hydrogen) atoms. The third-order valence-electron chi connectivity index (χ3n) is 4.19. The second-order valence-corrected chi connectivity index (χ2v) is 8.18. The molecule has 0 aliphatic carbocycles. The van der Waals surface area contributed by atoms with E-state index in [0.717, 1.165) is 17.7 Å². The molecular formula is C22H23ClN2O2S. The van der Waals surface area contributed by atoms with Crippen molar-refractivity contribution in [3.63, 3.8) is 0 Å². The van der Waals surface area contributed by atoms with Gasteiger partial charge in [0.1, 0.15) is 5.75 Å². The Kier molecular flexibility index (Phi) is 6.47. The molecule has 1 fully saturated rings. The van der Waals surface area contributed by atoms with Gasteiger partial charge in [-0.3, -0.25) is 9.69 Å². The van der Waals surface area contributed by atoms with Gasteiger partial charge in [0.25, 0.3) is 5.91 Å². The van der Waals surface area contributed by atoms with Crippen molar-refractivity contribution in [1.29, 1.82) is 0 Å². The van der Waals surface area contributed by atoms with E-state index in [4.69, 9.17) is 16.3 Å². The highest BCUT2D eigenvalue weighted by Gasteiger charge is 2.30. The lowest BCUT2D eigenvalue weighted by atomic mass is 10.1. The summed E-state index contributed by atoms with van der Waals surface area (Å²) in [6.45, 7) is 6.04. The molecule has 0 saturated carbocycles. The number of benzene rings is 2. The van der Waals surface area contributed by atoms with Crippen LogP contribution in [0.4, 0.5) is 5.69 Å². The van der Waals surface area contributed by atoms with Gasteiger partial charge in [-0.25, -0.2) is 4.99 Å². The molecule has 0 N–H and O–H groups in total. The Morgan fingerprint density at radius 2 is 1.93 bits per heavy atom. The van der Waals surface area contributed by atoms with E-state index < -0.39 is 0 Å². The second kappa shape index (κ2) is 8.84. The van der Waals surface area contributed by atoms with Crippen LogP contribution in [-0.2, 0) is 11.2 Å². The molecule has 0 spiro atoms. The number of thioether (sulfide) groups is 1. The molecule has 1 aliphatic rings. The van der Waals surface area contributed by atoms with Crippen molar-refractivity contribution in [2.45, 2.75) is 33.3 Å². The molecule has 0 radical (unpaired) electrons. The number of rotatable bonds is 5.